The van der Waals surface area contributed by atoms with E-state index in [-0.39, 0.29) is 43.3 Å². The van der Waals surface area contributed by atoms with Crippen LogP contribution < -0.4 is 27.4 Å². The number of aliphatic imine (C=N–C) groups is 1. The van der Waals surface area contributed by atoms with E-state index in [1.54, 1.807) is 6.92 Å². The molecule has 3 fully saturated rings. The van der Waals surface area contributed by atoms with Crippen molar-refractivity contribution in [1.82, 2.24) is 25.8 Å². The third kappa shape index (κ3) is 7.33. The van der Waals surface area contributed by atoms with Gasteiger partial charge in [-0.3, -0.25) is 24.2 Å². The van der Waals surface area contributed by atoms with Gasteiger partial charge in [0.1, 0.15) is 24.2 Å². The molecular formula is C24H40N8O6. The van der Waals surface area contributed by atoms with Crippen molar-refractivity contribution in [1.29, 1.82) is 0 Å². The van der Waals surface area contributed by atoms with Crippen molar-refractivity contribution in [2.45, 2.75) is 88.5 Å². The summed E-state index contributed by atoms with van der Waals surface area (Å²) in [4.78, 5) is 70.6. The lowest BCUT2D eigenvalue weighted by molar-refractivity contribution is -0.150. The molecule has 0 aromatic heterocycles. The second-order valence-electron chi connectivity index (χ2n) is 10.1. The van der Waals surface area contributed by atoms with E-state index in [0.717, 1.165) is 13.0 Å². The summed E-state index contributed by atoms with van der Waals surface area (Å²) in [7, 11) is 0. The summed E-state index contributed by atoms with van der Waals surface area (Å²) in [6.07, 6.45) is 4.11. The second kappa shape index (κ2) is 13.4. The maximum absolute atomic E-state index is 13.3. The number of carbonyl (C=O) groups excluding carboxylic acids is 4. The summed E-state index contributed by atoms with van der Waals surface area (Å²) in [5.74, 6) is -2.75. The fraction of sp³-hybridized carbons (Fsp3) is 0.750. The average Bonchev–Trinajstić information content (AvgIpc) is 3.66. The largest absolute Gasteiger partial charge is 0.480 e. The van der Waals surface area contributed by atoms with Crippen LogP contribution in [0.15, 0.2) is 4.99 Å². The van der Waals surface area contributed by atoms with E-state index in [4.69, 9.17) is 11.5 Å². The standard InChI is InChI=1S/C24H40N8O6/c1-14(29-19(33)15-6-2-10-27-15)21(35)31-12-4-8-17(31)20(34)30-16(7-3-11-28-24(25)26)22(36)32-13-5-9-18(32)23(37)38/h14-18,27H,2-13H2,1H3,(H,29,33)(H,30,34)(H,37,38)(H4,25,26,28). The molecule has 0 bridgehead atoms. The number of hydrogen-bond donors (Lipinski definition) is 6. The lowest BCUT2D eigenvalue weighted by Gasteiger charge is -2.31. The molecule has 4 amide bonds. The van der Waals surface area contributed by atoms with E-state index in [9.17, 15) is 29.1 Å². The predicted molar refractivity (Wildman–Crippen MR) is 138 cm³/mol. The minimum absolute atomic E-state index is 0.0903. The Bertz CT molecular complexity index is 933. The van der Waals surface area contributed by atoms with Crippen molar-refractivity contribution in [3.05, 3.63) is 0 Å². The highest BCUT2D eigenvalue weighted by molar-refractivity contribution is 5.95. The number of amides is 4. The van der Waals surface area contributed by atoms with Crippen LogP contribution in [-0.4, -0.2) is 107 Å². The average molecular weight is 537 g/mol. The Kier molecular flexibility index (Phi) is 10.3. The van der Waals surface area contributed by atoms with E-state index in [0.29, 0.717) is 45.1 Å². The Morgan fingerprint density at radius 3 is 2.21 bits per heavy atom. The second-order valence-corrected chi connectivity index (χ2v) is 10.1. The topological polar surface area (TPSA) is 213 Å². The molecule has 3 aliphatic rings. The first-order chi connectivity index (χ1) is 18.1. The van der Waals surface area contributed by atoms with Crippen LogP contribution in [0.25, 0.3) is 0 Å². The first-order valence-electron chi connectivity index (χ1n) is 13.3. The number of likely N-dealkylation sites (tertiary alicyclic amines) is 2. The summed E-state index contributed by atoms with van der Waals surface area (Å²) < 4.78 is 0. The molecule has 3 rings (SSSR count). The summed E-state index contributed by atoms with van der Waals surface area (Å²) in [5, 5.41) is 18.1. The summed E-state index contributed by atoms with van der Waals surface area (Å²) in [6, 6.07) is -3.86. The minimum Gasteiger partial charge on any atom is -0.480 e. The van der Waals surface area contributed by atoms with Gasteiger partial charge in [-0.2, -0.15) is 0 Å². The molecule has 5 unspecified atom stereocenters. The van der Waals surface area contributed by atoms with Crippen LogP contribution in [0.4, 0.5) is 0 Å². The van der Waals surface area contributed by atoms with Crippen LogP contribution in [0.5, 0.6) is 0 Å². The van der Waals surface area contributed by atoms with Crippen molar-refractivity contribution in [2.75, 3.05) is 26.2 Å². The van der Waals surface area contributed by atoms with E-state index < -0.39 is 42.0 Å². The Morgan fingerprint density at radius 1 is 0.947 bits per heavy atom. The maximum atomic E-state index is 13.3. The molecule has 8 N–H and O–H groups in total. The lowest BCUT2D eigenvalue weighted by Crippen LogP contribution is -2.57. The normalized spacial score (nSPS) is 24.5. The van der Waals surface area contributed by atoms with Gasteiger partial charge in [-0.15, -0.1) is 0 Å². The van der Waals surface area contributed by atoms with E-state index in [2.05, 4.69) is 20.9 Å². The fourth-order valence-electron chi connectivity index (χ4n) is 5.35. The molecule has 3 heterocycles. The van der Waals surface area contributed by atoms with Crippen molar-refractivity contribution in [3.63, 3.8) is 0 Å². The van der Waals surface area contributed by atoms with Crippen LogP contribution in [0.3, 0.4) is 0 Å². The van der Waals surface area contributed by atoms with Crippen molar-refractivity contribution in [2.24, 2.45) is 16.5 Å². The SMILES string of the molecule is CC(NC(=O)C1CCCN1)C(=O)N1CCCC1C(=O)NC(CCCN=C(N)N)C(=O)N1CCCC1C(=O)O. The molecule has 3 saturated heterocycles. The number of aliphatic carboxylic acids is 1. The number of carboxylic acids is 1. The number of nitrogens with one attached hydrogen (secondary N) is 3. The first kappa shape index (κ1) is 29.1. The van der Waals surface area contributed by atoms with Gasteiger partial charge in [0.25, 0.3) is 0 Å². The van der Waals surface area contributed by atoms with Gasteiger partial charge in [0.2, 0.25) is 23.6 Å². The summed E-state index contributed by atoms with van der Waals surface area (Å²) in [6.45, 7) is 3.24. The molecule has 0 radical (unpaired) electrons. The molecule has 0 aromatic carbocycles. The molecule has 0 aromatic rings. The van der Waals surface area contributed by atoms with Crippen LogP contribution in [0, 0.1) is 0 Å². The van der Waals surface area contributed by atoms with Gasteiger partial charge in [0.05, 0.1) is 6.04 Å². The summed E-state index contributed by atoms with van der Waals surface area (Å²) >= 11 is 0. The third-order valence-electron chi connectivity index (χ3n) is 7.33. The maximum Gasteiger partial charge on any atom is 0.326 e. The number of rotatable bonds is 11. The number of nitrogens with zero attached hydrogens (tertiary/aromatic N) is 3. The molecule has 212 valence electrons. The highest BCUT2D eigenvalue weighted by Crippen LogP contribution is 2.22. The van der Waals surface area contributed by atoms with Crippen LogP contribution in [0.1, 0.15) is 58.3 Å². The Morgan fingerprint density at radius 2 is 1.61 bits per heavy atom. The van der Waals surface area contributed by atoms with Gasteiger partial charge >= 0.3 is 5.97 Å². The van der Waals surface area contributed by atoms with Gasteiger partial charge in [-0.05, 0) is 64.8 Å². The first-order valence-corrected chi connectivity index (χ1v) is 13.3. The molecule has 5 atom stereocenters. The van der Waals surface area contributed by atoms with Gasteiger partial charge in [-0.1, -0.05) is 0 Å². The number of hydrogen-bond acceptors (Lipinski definition) is 7. The van der Waals surface area contributed by atoms with Crippen molar-refractivity contribution < 1.29 is 29.1 Å². The molecule has 14 heteroatoms. The highest BCUT2D eigenvalue weighted by atomic mass is 16.4. The monoisotopic (exact) mass is 536 g/mol. The predicted octanol–water partition coefficient (Wildman–Crippen LogP) is -2.15. The van der Waals surface area contributed by atoms with Gasteiger partial charge < -0.3 is 42.3 Å². The Hall–Kier alpha value is -3.42. The zero-order valence-corrected chi connectivity index (χ0v) is 21.9. The number of nitrogens with two attached hydrogens (primary N) is 2. The van der Waals surface area contributed by atoms with Crippen LogP contribution in [-0.2, 0) is 24.0 Å². The number of carboxylic acid groups (broad SMARTS) is 1. The Labute approximate surface area is 221 Å². The molecule has 0 aliphatic carbocycles. The minimum atomic E-state index is -1.09. The van der Waals surface area contributed by atoms with Gasteiger partial charge in [-0.25, -0.2) is 4.79 Å². The van der Waals surface area contributed by atoms with E-state index in [1.165, 1.54) is 9.80 Å². The van der Waals surface area contributed by atoms with Crippen molar-refractivity contribution in [3.8, 4) is 0 Å². The van der Waals surface area contributed by atoms with Crippen LogP contribution >= 0.6 is 0 Å². The molecule has 3 aliphatic heterocycles. The number of carbonyl (C=O) groups is 5. The molecule has 38 heavy (non-hydrogen) atoms. The third-order valence-corrected chi connectivity index (χ3v) is 7.33. The molecule has 14 nitrogen and oxygen atoms in total. The fourth-order valence-corrected chi connectivity index (χ4v) is 5.35. The molecule has 0 spiro atoms. The highest BCUT2D eigenvalue weighted by Gasteiger charge is 2.41. The molecule has 0 saturated carbocycles. The zero-order valence-electron chi connectivity index (χ0n) is 21.9. The quantitative estimate of drug-likeness (QED) is 0.0963. The number of guanidine groups is 1. The lowest BCUT2D eigenvalue weighted by atomic mass is 10.1. The van der Waals surface area contributed by atoms with Crippen LogP contribution in [0.2, 0.25) is 0 Å². The van der Waals surface area contributed by atoms with Gasteiger partial charge in [0.15, 0.2) is 5.96 Å². The zero-order chi connectivity index (χ0) is 27.8. The summed E-state index contributed by atoms with van der Waals surface area (Å²) in [5.41, 5.74) is 10.7. The van der Waals surface area contributed by atoms with E-state index >= 15 is 0 Å². The molecular weight excluding hydrogens is 496 g/mol. The van der Waals surface area contributed by atoms with Crippen molar-refractivity contribution >= 4 is 35.6 Å². The Balaban J connectivity index is 1.66. The van der Waals surface area contributed by atoms with Gasteiger partial charge in [0, 0.05) is 19.6 Å². The smallest absolute Gasteiger partial charge is 0.326 e. The van der Waals surface area contributed by atoms with E-state index in [1.807, 2.05) is 0 Å².